The van der Waals surface area contributed by atoms with Crippen LogP contribution in [0.3, 0.4) is 0 Å². The van der Waals surface area contributed by atoms with E-state index in [1.54, 1.807) is 6.92 Å². The van der Waals surface area contributed by atoms with E-state index in [1.807, 2.05) is 0 Å². The summed E-state index contributed by atoms with van der Waals surface area (Å²) in [6.45, 7) is 5.06. The summed E-state index contributed by atoms with van der Waals surface area (Å²) in [5.74, 6) is 0. The average molecular weight is 111 g/mol. The Bertz CT molecular complexity index is 29.9. The van der Waals surface area contributed by atoms with Gasteiger partial charge in [-0.2, -0.15) is 13.5 Å². The first-order chi connectivity index (χ1) is 1.73. The maximum Gasteiger partial charge on any atom is 0.00778 e. The second-order valence-corrected chi connectivity index (χ2v) is 1.32. The van der Waals surface area contributed by atoms with Crippen LogP contribution in [0.1, 0.15) is 6.92 Å². The van der Waals surface area contributed by atoms with Crippen molar-refractivity contribution in [2.24, 2.45) is 0 Å². The lowest BCUT2D eigenvalue weighted by Crippen LogP contribution is -1.34. The van der Waals surface area contributed by atoms with Crippen molar-refractivity contribution in [1.29, 1.82) is 0 Å². The summed E-state index contributed by atoms with van der Waals surface area (Å²) < 4.78 is 0. The molecule has 0 unspecified atom stereocenters. The fourth-order valence-corrected chi connectivity index (χ4v) is 0. The summed E-state index contributed by atoms with van der Waals surface area (Å²) in [6, 6.07) is 0. The van der Waals surface area contributed by atoms with Gasteiger partial charge in [0.1, 0.15) is 0 Å². The molecule has 2 heteroatoms. The van der Waals surface area contributed by atoms with Gasteiger partial charge in [-0.05, 0) is 6.92 Å². The Morgan fingerprint density at radius 1 is 1.80 bits per heavy atom. The van der Waals surface area contributed by atoms with E-state index >= 15 is 0 Å². The zero-order valence-corrected chi connectivity index (χ0v) is 4.84. The van der Waals surface area contributed by atoms with Crippen molar-refractivity contribution in [3.63, 3.8) is 0 Å². The highest BCUT2D eigenvalue weighted by Crippen LogP contribution is 1.87. The van der Waals surface area contributed by atoms with Crippen LogP contribution < -0.4 is 0 Å². The minimum absolute atomic E-state index is 0. The Kier molecular flexibility index (Phi) is 7.91. The third kappa shape index (κ3) is 172. The van der Waals surface area contributed by atoms with E-state index in [4.69, 9.17) is 11.6 Å². The molecule has 0 aromatic rings. The van der Waals surface area contributed by atoms with E-state index in [2.05, 4.69) is 6.58 Å². The summed E-state index contributed by atoms with van der Waals surface area (Å²) in [4.78, 5) is 0. The third-order valence-corrected chi connectivity index (χ3v) is 0. The molecule has 0 fully saturated rings. The Hall–Kier alpha value is 0.380. The largest absolute Gasteiger partial charge is 0.197 e. The normalized spacial score (nSPS) is 5.20. The van der Waals surface area contributed by atoms with E-state index in [0.717, 1.165) is 0 Å². The van der Waals surface area contributed by atoms with Crippen LogP contribution in [-0.2, 0) is 0 Å². The zero-order chi connectivity index (χ0) is 3.58. The molecular formula is C3H7ClS. The van der Waals surface area contributed by atoms with Gasteiger partial charge in [-0.15, -0.1) is 0 Å². The van der Waals surface area contributed by atoms with Gasteiger partial charge in [0.25, 0.3) is 0 Å². The van der Waals surface area contributed by atoms with Crippen LogP contribution in [0.15, 0.2) is 11.6 Å². The van der Waals surface area contributed by atoms with Gasteiger partial charge in [-0.25, -0.2) is 0 Å². The molecule has 0 rings (SSSR count). The maximum absolute atomic E-state index is 5.08. The average Bonchev–Trinajstić information content (AvgIpc) is 0.811. The Labute approximate surface area is 44.3 Å². The van der Waals surface area contributed by atoms with E-state index in [-0.39, 0.29) is 13.5 Å². The van der Waals surface area contributed by atoms with Crippen LogP contribution in [0, 0.1) is 0 Å². The van der Waals surface area contributed by atoms with Crippen LogP contribution in [0.4, 0.5) is 0 Å². The van der Waals surface area contributed by atoms with E-state index in [1.165, 1.54) is 0 Å². The molecule has 0 aromatic carbocycles. The fraction of sp³-hybridized carbons (Fsp3) is 0.333. The first kappa shape index (κ1) is 9.03. The number of hydrogen-bond acceptors (Lipinski definition) is 0. The molecule has 0 aromatic heterocycles. The SMILES string of the molecule is C=C(C)Cl.S. The summed E-state index contributed by atoms with van der Waals surface area (Å²) in [5.41, 5.74) is 0. The van der Waals surface area contributed by atoms with Crippen molar-refractivity contribution in [2.75, 3.05) is 0 Å². The molecule has 0 atom stereocenters. The topological polar surface area (TPSA) is 0 Å². The molecule has 0 radical (unpaired) electrons. The highest BCUT2D eigenvalue weighted by Gasteiger charge is 1.55. The number of allylic oxidation sites excluding steroid dienone is 1. The molecule has 0 saturated heterocycles. The quantitative estimate of drug-likeness (QED) is 0.447. The summed E-state index contributed by atoms with van der Waals surface area (Å²) in [5, 5.41) is 0.639. The molecular weight excluding hydrogens is 104 g/mol. The Morgan fingerprint density at radius 3 is 1.80 bits per heavy atom. The minimum Gasteiger partial charge on any atom is -0.197 e. The van der Waals surface area contributed by atoms with Gasteiger partial charge >= 0.3 is 0 Å². The van der Waals surface area contributed by atoms with Gasteiger partial charge in [0.05, 0.1) is 0 Å². The number of halogens is 1. The van der Waals surface area contributed by atoms with Gasteiger partial charge < -0.3 is 0 Å². The van der Waals surface area contributed by atoms with Crippen LogP contribution in [-0.4, -0.2) is 0 Å². The van der Waals surface area contributed by atoms with Crippen molar-refractivity contribution in [3.05, 3.63) is 11.6 Å². The lowest BCUT2D eigenvalue weighted by molar-refractivity contribution is 1.72. The van der Waals surface area contributed by atoms with Crippen molar-refractivity contribution in [3.8, 4) is 0 Å². The van der Waals surface area contributed by atoms with Crippen molar-refractivity contribution < 1.29 is 0 Å². The molecule has 32 valence electrons. The van der Waals surface area contributed by atoms with Gasteiger partial charge in [-0.1, -0.05) is 18.2 Å². The summed E-state index contributed by atoms with van der Waals surface area (Å²) in [7, 11) is 0. The Morgan fingerprint density at radius 2 is 1.80 bits per heavy atom. The van der Waals surface area contributed by atoms with E-state index in [0.29, 0.717) is 5.03 Å². The highest BCUT2D eigenvalue weighted by atomic mass is 35.5. The molecule has 0 bridgehead atoms. The van der Waals surface area contributed by atoms with Crippen molar-refractivity contribution in [2.45, 2.75) is 6.92 Å². The molecule has 0 aliphatic rings. The van der Waals surface area contributed by atoms with Crippen LogP contribution >= 0.6 is 25.1 Å². The minimum atomic E-state index is 0. The summed E-state index contributed by atoms with van der Waals surface area (Å²) in [6.07, 6.45) is 0. The van der Waals surface area contributed by atoms with Crippen molar-refractivity contribution >= 4 is 25.1 Å². The Balaban J connectivity index is 0. The first-order valence-electron chi connectivity index (χ1n) is 1.04. The molecule has 0 aliphatic carbocycles. The molecule has 0 nitrogen and oxygen atoms in total. The molecule has 0 amide bonds. The van der Waals surface area contributed by atoms with Gasteiger partial charge in [0, 0.05) is 5.03 Å². The van der Waals surface area contributed by atoms with Crippen molar-refractivity contribution in [1.82, 2.24) is 0 Å². The monoisotopic (exact) mass is 110 g/mol. The predicted molar refractivity (Wildman–Crippen MR) is 31.0 cm³/mol. The predicted octanol–water partition coefficient (Wildman–Crippen LogP) is 1.87. The molecule has 0 aliphatic heterocycles. The molecule has 0 spiro atoms. The summed E-state index contributed by atoms with van der Waals surface area (Å²) >= 11 is 5.08. The maximum atomic E-state index is 5.08. The second kappa shape index (κ2) is 4.38. The number of hydrogen-bond donors (Lipinski definition) is 0. The smallest absolute Gasteiger partial charge is 0.00778 e. The number of rotatable bonds is 0. The van der Waals surface area contributed by atoms with E-state index < -0.39 is 0 Å². The standard InChI is InChI=1S/C3H5Cl.H2S/c1-3(2)4;/h1H2,2H3;1H2. The zero-order valence-electron chi connectivity index (χ0n) is 3.09. The molecule has 0 N–H and O–H groups in total. The molecule has 0 heterocycles. The van der Waals surface area contributed by atoms with Gasteiger partial charge in [-0.3, -0.25) is 0 Å². The molecule has 0 saturated carbocycles. The second-order valence-electron chi connectivity index (χ2n) is 0.676. The fourth-order valence-electron chi connectivity index (χ4n) is 0. The lowest BCUT2D eigenvalue weighted by Gasteiger charge is -1.61. The van der Waals surface area contributed by atoms with Gasteiger partial charge in [0.15, 0.2) is 0 Å². The highest BCUT2D eigenvalue weighted by molar-refractivity contribution is 7.59. The van der Waals surface area contributed by atoms with Crippen LogP contribution in [0.25, 0.3) is 0 Å². The third-order valence-electron chi connectivity index (χ3n) is 0. The van der Waals surface area contributed by atoms with Gasteiger partial charge in [0.2, 0.25) is 0 Å². The molecule has 5 heavy (non-hydrogen) atoms. The van der Waals surface area contributed by atoms with Crippen LogP contribution in [0.5, 0.6) is 0 Å². The van der Waals surface area contributed by atoms with Crippen LogP contribution in [0.2, 0.25) is 0 Å². The first-order valence-corrected chi connectivity index (χ1v) is 1.42. The van der Waals surface area contributed by atoms with E-state index in [9.17, 15) is 0 Å². The lowest BCUT2D eigenvalue weighted by atomic mass is 10.8.